The molecule has 0 aromatic heterocycles. The summed E-state index contributed by atoms with van der Waals surface area (Å²) in [5.74, 6) is 1.20. The lowest BCUT2D eigenvalue weighted by molar-refractivity contribution is -0.176. The molecule has 1 aliphatic heterocycles. The first-order valence-corrected chi connectivity index (χ1v) is 9.61. The fourth-order valence-corrected chi connectivity index (χ4v) is 3.24. The average molecular weight is 407 g/mol. The fourth-order valence-electron chi connectivity index (χ4n) is 3.24. The van der Waals surface area contributed by atoms with Gasteiger partial charge in [-0.1, -0.05) is 30.3 Å². The summed E-state index contributed by atoms with van der Waals surface area (Å²) in [6.07, 6.45) is -2.59. The van der Waals surface area contributed by atoms with Crippen LogP contribution in [0, 0.1) is 5.92 Å². The molecule has 0 spiro atoms. The Morgan fingerprint density at radius 3 is 2.28 bits per heavy atom. The highest BCUT2D eigenvalue weighted by Crippen LogP contribution is 2.21. The highest BCUT2D eigenvalue weighted by atomic mass is 19.4. The Kier molecular flexibility index (Phi) is 7.14. The summed E-state index contributed by atoms with van der Waals surface area (Å²) in [5, 5.41) is 0. The summed E-state index contributed by atoms with van der Waals surface area (Å²) in [6.45, 7) is 0.548. The molecule has 4 nitrogen and oxygen atoms in total. The van der Waals surface area contributed by atoms with E-state index in [-0.39, 0.29) is 12.5 Å². The van der Waals surface area contributed by atoms with Crippen molar-refractivity contribution in [3.8, 4) is 5.75 Å². The van der Waals surface area contributed by atoms with Crippen molar-refractivity contribution in [1.29, 1.82) is 0 Å². The maximum atomic E-state index is 12.7. The lowest BCUT2D eigenvalue weighted by Crippen LogP contribution is -2.39. The average Bonchev–Trinajstić information content (AvgIpc) is 2.72. The van der Waals surface area contributed by atoms with Crippen molar-refractivity contribution in [2.45, 2.75) is 25.6 Å². The van der Waals surface area contributed by atoms with Crippen molar-refractivity contribution in [1.82, 2.24) is 4.90 Å². The van der Waals surface area contributed by atoms with Crippen molar-refractivity contribution in [2.75, 3.05) is 26.3 Å². The van der Waals surface area contributed by atoms with Gasteiger partial charge in [0.1, 0.15) is 12.4 Å². The number of hydrogen-bond acceptors (Lipinski definition) is 3. The molecule has 7 heteroatoms. The number of amides is 1. The van der Waals surface area contributed by atoms with Crippen molar-refractivity contribution >= 4 is 5.91 Å². The molecular weight excluding hydrogens is 383 g/mol. The Morgan fingerprint density at radius 1 is 1.00 bits per heavy atom. The monoisotopic (exact) mass is 407 g/mol. The third-order valence-corrected chi connectivity index (χ3v) is 4.87. The predicted octanol–water partition coefficient (Wildman–Crippen LogP) is 4.70. The summed E-state index contributed by atoms with van der Waals surface area (Å²) in [5.41, 5.74) is 1.13. The van der Waals surface area contributed by atoms with Crippen LogP contribution in [0.5, 0.6) is 5.75 Å². The van der Waals surface area contributed by atoms with Gasteiger partial charge in [-0.3, -0.25) is 4.79 Å². The van der Waals surface area contributed by atoms with Crippen LogP contribution in [0.2, 0.25) is 0 Å². The van der Waals surface area contributed by atoms with E-state index in [9.17, 15) is 18.0 Å². The summed E-state index contributed by atoms with van der Waals surface area (Å²) < 4.78 is 46.8. The minimum atomic E-state index is -4.34. The van der Waals surface area contributed by atoms with E-state index in [1.807, 2.05) is 35.2 Å². The molecule has 1 fully saturated rings. The molecule has 1 saturated heterocycles. The predicted molar refractivity (Wildman–Crippen MR) is 103 cm³/mol. The first-order valence-electron chi connectivity index (χ1n) is 9.61. The summed E-state index contributed by atoms with van der Waals surface area (Å²) in [6, 6.07) is 16.2. The van der Waals surface area contributed by atoms with Crippen LogP contribution < -0.4 is 4.74 Å². The number of rotatable bonds is 7. The first kappa shape index (κ1) is 21.2. The molecule has 0 bridgehead atoms. The smallest absolute Gasteiger partial charge is 0.411 e. The van der Waals surface area contributed by atoms with E-state index in [0.717, 1.165) is 18.6 Å². The standard InChI is InChI=1S/C22H24F3NO3/c23-22(24,25)16-28-14-17-6-8-19(9-7-17)21(27)26-12-10-18(11-13-26)15-29-20-4-2-1-3-5-20/h1-9,18H,10-16H2. The molecule has 0 atom stereocenters. The molecule has 1 amide bonds. The molecule has 156 valence electrons. The van der Waals surface area contributed by atoms with Gasteiger partial charge >= 0.3 is 6.18 Å². The number of para-hydroxylation sites is 1. The van der Waals surface area contributed by atoms with E-state index in [0.29, 0.717) is 36.7 Å². The number of piperidine rings is 1. The van der Waals surface area contributed by atoms with Gasteiger partial charge < -0.3 is 14.4 Å². The molecule has 0 aliphatic carbocycles. The molecule has 1 aliphatic rings. The number of carbonyl (C=O) groups is 1. The lowest BCUT2D eigenvalue weighted by atomic mass is 9.97. The van der Waals surface area contributed by atoms with Gasteiger partial charge in [-0.05, 0) is 48.6 Å². The van der Waals surface area contributed by atoms with E-state index < -0.39 is 12.8 Å². The molecule has 0 radical (unpaired) electrons. The van der Waals surface area contributed by atoms with Gasteiger partial charge in [-0.25, -0.2) is 0 Å². The number of hydrogen-bond donors (Lipinski definition) is 0. The third kappa shape index (κ3) is 6.78. The number of ether oxygens (including phenoxy) is 2. The maximum absolute atomic E-state index is 12.7. The molecule has 0 unspecified atom stereocenters. The van der Waals surface area contributed by atoms with E-state index in [2.05, 4.69) is 4.74 Å². The summed E-state index contributed by atoms with van der Waals surface area (Å²) in [4.78, 5) is 14.5. The van der Waals surface area contributed by atoms with Crippen LogP contribution in [0.4, 0.5) is 13.2 Å². The number of likely N-dealkylation sites (tertiary alicyclic amines) is 1. The Bertz CT molecular complexity index is 770. The Balaban J connectivity index is 1.43. The Hall–Kier alpha value is -2.54. The molecule has 0 saturated carbocycles. The second-order valence-corrected chi connectivity index (χ2v) is 7.16. The summed E-state index contributed by atoms with van der Waals surface area (Å²) in [7, 11) is 0. The van der Waals surface area contributed by atoms with Gasteiger partial charge in [-0.2, -0.15) is 13.2 Å². The van der Waals surface area contributed by atoms with Gasteiger partial charge in [0.25, 0.3) is 5.91 Å². The maximum Gasteiger partial charge on any atom is 0.411 e. The third-order valence-electron chi connectivity index (χ3n) is 4.87. The highest BCUT2D eigenvalue weighted by molar-refractivity contribution is 5.94. The van der Waals surface area contributed by atoms with Crippen LogP contribution in [0.25, 0.3) is 0 Å². The van der Waals surface area contributed by atoms with Crippen LogP contribution >= 0.6 is 0 Å². The number of benzene rings is 2. The number of alkyl halides is 3. The molecule has 3 rings (SSSR count). The normalized spacial score (nSPS) is 15.3. The molecule has 2 aromatic carbocycles. The van der Waals surface area contributed by atoms with Crippen molar-refractivity contribution in [2.24, 2.45) is 5.92 Å². The highest BCUT2D eigenvalue weighted by Gasteiger charge is 2.27. The zero-order chi connectivity index (χ0) is 20.7. The molecule has 29 heavy (non-hydrogen) atoms. The van der Waals surface area contributed by atoms with Gasteiger partial charge in [0.05, 0.1) is 13.2 Å². The van der Waals surface area contributed by atoms with Crippen molar-refractivity contribution < 1.29 is 27.4 Å². The van der Waals surface area contributed by atoms with Crippen LogP contribution in [0.1, 0.15) is 28.8 Å². The van der Waals surface area contributed by atoms with E-state index >= 15 is 0 Å². The molecule has 2 aromatic rings. The van der Waals surface area contributed by atoms with Crippen LogP contribution in [-0.4, -0.2) is 43.3 Å². The lowest BCUT2D eigenvalue weighted by Gasteiger charge is -2.32. The SMILES string of the molecule is O=C(c1ccc(COCC(F)(F)F)cc1)N1CCC(COc2ccccc2)CC1. The van der Waals surface area contributed by atoms with Crippen LogP contribution in [0.3, 0.4) is 0 Å². The van der Waals surface area contributed by atoms with E-state index in [1.165, 1.54) is 0 Å². The Labute approximate surface area is 168 Å². The summed E-state index contributed by atoms with van der Waals surface area (Å²) >= 11 is 0. The Morgan fingerprint density at radius 2 is 1.66 bits per heavy atom. The number of nitrogens with zero attached hydrogens (tertiary/aromatic N) is 1. The number of halogens is 3. The fraction of sp³-hybridized carbons (Fsp3) is 0.409. The second kappa shape index (κ2) is 9.78. The van der Waals surface area contributed by atoms with Gasteiger partial charge in [-0.15, -0.1) is 0 Å². The number of carbonyl (C=O) groups excluding carboxylic acids is 1. The van der Waals surface area contributed by atoms with Gasteiger partial charge in [0.2, 0.25) is 0 Å². The van der Waals surface area contributed by atoms with Crippen molar-refractivity contribution in [3.63, 3.8) is 0 Å². The van der Waals surface area contributed by atoms with Gasteiger partial charge in [0.15, 0.2) is 0 Å². The van der Waals surface area contributed by atoms with Crippen LogP contribution in [-0.2, 0) is 11.3 Å². The quantitative estimate of drug-likeness (QED) is 0.668. The van der Waals surface area contributed by atoms with Crippen LogP contribution in [0.15, 0.2) is 54.6 Å². The molecular formula is C22H24F3NO3. The second-order valence-electron chi connectivity index (χ2n) is 7.16. The zero-order valence-electron chi connectivity index (χ0n) is 16.0. The van der Waals surface area contributed by atoms with E-state index in [4.69, 9.17) is 4.74 Å². The zero-order valence-corrected chi connectivity index (χ0v) is 16.0. The minimum Gasteiger partial charge on any atom is -0.493 e. The largest absolute Gasteiger partial charge is 0.493 e. The topological polar surface area (TPSA) is 38.8 Å². The first-order chi connectivity index (χ1) is 13.9. The molecule has 1 heterocycles. The van der Waals surface area contributed by atoms with E-state index in [1.54, 1.807) is 24.3 Å². The van der Waals surface area contributed by atoms with Crippen molar-refractivity contribution in [3.05, 3.63) is 65.7 Å². The molecule has 0 N–H and O–H groups in total. The van der Waals surface area contributed by atoms with Gasteiger partial charge in [0, 0.05) is 18.7 Å². The minimum absolute atomic E-state index is 0.0600.